The summed E-state index contributed by atoms with van der Waals surface area (Å²) < 4.78 is 7.54. The Bertz CT molecular complexity index is 818. The van der Waals surface area contributed by atoms with Crippen molar-refractivity contribution in [1.82, 2.24) is 19.6 Å². The number of ether oxygens (including phenoxy) is 1. The highest BCUT2D eigenvalue weighted by atomic mass is 16.5. The van der Waals surface area contributed by atoms with Crippen LogP contribution in [0.3, 0.4) is 0 Å². The number of hydrogen-bond donors (Lipinski definition) is 0. The highest BCUT2D eigenvalue weighted by molar-refractivity contribution is 5.48. The molecule has 0 unspecified atom stereocenters. The van der Waals surface area contributed by atoms with Crippen LogP contribution in [0, 0.1) is 24.7 Å². The summed E-state index contributed by atoms with van der Waals surface area (Å²) in [5, 5.41) is 5.08. The Morgan fingerprint density at radius 1 is 1.00 bits per heavy atom. The van der Waals surface area contributed by atoms with Gasteiger partial charge in [-0.1, -0.05) is 0 Å². The molecule has 138 valence electrons. The van der Waals surface area contributed by atoms with Gasteiger partial charge in [0.2, 0.25) is 0 Å². The maximum Gasteiger partial charge on any atom is 0.254 e. The lowest BCUT2D eigenvalue weighted by molar-refractivity contribution is -0.00926. The van der Waals surface area contributed by atoms with Crippen LogP contribution in [0.25, 0.3) is 5.78 Å². The number of nitrogens with zero attached hydrogens (tertiary/aromatic N) is 5. The first-order valence-corrected chi connectivity index (χ1v) is 10.3. The van der Waals surface area contributed by atoms with Crippen molar-refractivity contribution in [3.63, 3.8) is 0 Å². The van der Waals surface area contributed by atoms with Gasteiger partial charge in [0.15, 0.2) is 5.82 Å². The molecular weight excluding hydrogens is 326 g/mol. The molecule has 2 aromatic rings. The van der Waals surface area contributed by atoms with Gasteiger partial charge in [-0.3, -0.25) is 0 Å². The van der Waals surface area contributed by atoms with Gasteiger partial charge in [0.25, 0.3) is 5.78 Å². The second-order valence-corrected chi connectivity index (χ2v) is 9.20. The first-order valence-electron chi connectivity index (χ1n) is 10.3. The molecule has 3 heterocycles. The topological polar surface area (TPSA) is 55.6 Å². The van der Waals surface area contributed by atoms with E-state index < -0.39 is 0 Å². The van der Waals surface area contributed by atoms with Crippen molar-refractivity contribution in [2.75, 3.05) is 31.2 Å². The molecule has 1 saturated heterocycles. The van der Waals surface area contributed by atoms with Crippen LogP contribution in [0.2, 0.25) is 0 Å². The summed E-state index contributed by atoms with van der Waals surface area (Å²) in [5.74, 6) is 5.68. The van der Waals surface area contributed by atoms with E-state index in [1.165, 1.54) is 38.5 Å². The zero-order chi connectivity index (χ0) is 17.3. The molecule has 7 rings (SSSR count). The lowest BCUT2D eigenvalue weighted by Crippen LogP contribution is -2.49. The molecule has 6 nitrogen and oxygen atoms in total. The van der Waals surface area contributed by atoms with E-state index in [1.54, 1.807) is 0 Å². The van der Waals surface area contributed by atoms with Gasteiger partial charge in [0, 0.05) is 30.3 Å². The zero-order valence-electron chi connectivity index (χ0n) is 15.5. The van der Waals surface area contributed by atoms with Crippen molar-refractivity contribution in [2.24, 2.45) is 17.8 Å². The summed E-state index contributed by atoms with van der Waals surface area (Å²) in [5.41, 5.74) is 1.24. The lowest BCUT2D eigenvalue weighted by atomic mass is 9.49. The fraction of sp³-hybridized carbons (Fsp3) is 0.750. The van der Waals surface area contributed by atoms with E-state index in [0.29, 0.717) is 0 Å². The summed E-state index contributed by atoms with van der Waals surface area (Å²) in [7, 11) is 0. The fourth-order valence-corrected chi connectivity index (χ4v) is 6.59. The lowest BCUT2D eigenvalue weighted by Gasteiger charge is -2.55. The van der Waals surface area contributed by atoms with Gasteiger partial charge in [0.05, 0.1) is 13.2 Å². The van der Waals surface area contributed by atoms with E-state index in [9.17, 15) is 0 Å². The van der Waals surface area contributed by atoms with E-state index >= 15 is 0 Å². The fourth-order valence-electron chi connectivity index (χ4n) is 6.59. The average Bonchev–Trinajstić information content (AvgIpc) is 3.05. The van der Waals surface area contributed by atoms with Crippen molar-refractivity contribution in [3.8, 4) is 0 Å². The maximum atomic E-state index is 5.53. The summed E-state index contributed by atoms with van der Waals surface area (Å²) in [6.45, 7) is 5.43. The molecule has 0 atom stereocenters. The van der Waals surface area contributed by atoms with Crippen molar-refractivity contribution in [1.29, 1.82) is 0 Å². The normalized spacial score (nSPS) is 36.2. The van der Waals surface area contributed by atoms with Crippen LogP contribution in [0.15, 0.2) is 6.07 Å². The Kier molecular flexibility index (Phi) is 3.20. The molecule has 0 aromatic carbocycles. The summed E-state index contributed by atoms with van der Waals surface area (Å²) >= 11 is 0. The molecule has 0 N–H and O–H groups in total. The van der Waals surface area contributed by atoms with Gasteiger partial charge in [-0.2, -0.15) is 9.50 Å². The van der Waals surface area contributed by atoms with Crippen molar-refractivity contribution < 1.29 is 4.74 Å². The number of morpholine rings is 1. The molecule has 5 fully saturated rings. The van der Waals surface area contributed by atoms with Crippen LogP contribution in [-0.2, 0) is 10.2 Å². The van der Waals surface area contributed by atoms with E-state index in [-0.39, 0.29) is 5.41 Å². The Labute approximate surface area is 154 Å². The van der Waals surface area contributed by atoms with E-state index in [2.05, 4.69) is 17.9 Å². The molecule has 26 heavy (non-hydrogen) atoms. The average molecular weight is 353 g/mol. The molecule has 0 spiro atoms. The SMILES string of the molecule is Cc1cc(N2CCOCC2)n2nc(C34CC5CC(CC(C5)C3)C4)nc2n1. The zero-order valence-corrected chi connectivity index (χ0v) is 15.5. The van der Waals surface area contributed by atoms with Gasteiger partial charge >= 0.3 is 0 Å². The Morgan fingerprint density at radius 3 is 2.31 bits per heavy atom. The van der Waals surface area contributed by atoms with Gasteiger partial charge < -0.3 is 9.64 Å². The van der Waals surface area contributed by atoms with Crippen LogP contribution in [0.4, 0.5) is 5.82 Å². The van der Waals surface area contributed by atoms with Crippen LogP contribution in [0.5, 0.6) is 0 Å². The Hall–Kier alpha value is -1.69. The van der Waals surface area contributed by atoms with Gasteiger partial charge in [-0.15, -0.1) is 5.10 Å². The van der Waals surface area contributed by atoms with Crippen LogP contribution in [-0.4, -0.2) is 45.9 Å². The third kappa shape index (κ3) is 2.24. The molecule has 6 heteroatoms. The molecule has 1 aliphatic heterocycles. The minimum absolute atomic E-state index is 0.221. The smallest absolute Gasteiger partial charge is 0.254 e. The Balaban J connectivity index is 1.45. The molecule has 2 aromatic heterocycles. The van der Waals surface area contributed by atoms with E-state index in [4.69, 9.17) is 19.8 Å². The third-order valence-corrected chi connectivity index (χ3v) is 7.27. The van der Waals surface area contributed by atoms with E-state index in [0.717, 1.165) is 67.2 Å². The van der Waals surface area contributed by atoms with Crippen LogP contribution in [0.1, 0.15) is 50.0 Å². The monoisotopic (exact) mass is 353 g/mol. The van der Waals surface area contributed by atoms with Crippen molar-refractivity contribution in [2.45, 2.75) is 50.9 Å². The predicted octanol–water partition coefficient (Wildman–Crippen LogP) is 2.74. The van der Waals surface area contributed by atoms with Crippen LogP contribution >= 0.6 is 0 Å². The maximum absolute atomic E-state index is 5.53. The predicted molar refractivity (Wildman–Crippen MR) is 98.4 cm³/mol. The standard InChI is InChI=1S/C20H27N5O/c1-13-6-17(24-2-4-26-5-3-24)25-19(21-13)22-18(23-25)20-10-14-7-15(11-20)9-16(8-14)12-20/h6,14-16H,2-5,7-12H2,1H3. The second-order valence-electron chi connectivity index (χ2n) is 9.20. The van der Waals surface area contributed by atoms with Crippen molar-refractivity contribution in [3.05, 3.63) is 17.6 Å². The van der Waals surface area contributed by atoms with Gasteiger partial charge in [-0.25, -0.2) is 4.98 Å². The number of fused-ring (bicyclic) bond motifs is 1. The van der Waals surface area contributed by atoms with Gasteiger partial charge in [-0.05, 0) is 63.2 Å². The summed E-state index contributed by atoms with van der Waals surface area (Å²) in [6.07, 6.45) is 8.22. The quantitative estimate of drug-likeness (QED) is 0.831. The summed E-state index contributed by atoms with van der Waals surface area (Å²) in [6, 6.07) is 2.15. The molecule has 4 saturated carbocycles. The summed E-state index contributed by atoms with van der Waals surface area (Å²) in [4.78, 5) is 12.1. The minimum atomic E-state index is 0.221. The van der Waals surface area contributed by atoms with Crippen LogP contribution < -0.4 is 4.90 Å². The number of hydrogen-bond acceptors (Lipinski definition) is 5. The largest absolute Gasteiger partial charge is 0.378 e. The number of anilines is 1. The minimum Gasteiger partial charge on any atom is -0.378 e. The molecule has 0 amide bonds. The number of rotatable bonds is 2. The number of aryl methyl sites for hydroxylation is 1. The molecule has 4 aliphatic carbocycles. The highest BCUT2D eigenvalue weighted by Crippen LogP contribution is 2.60. The van der Waals surface area contributed by atoms with Gasteiger partial charge in [0.1, 0.15) is 5.82 Å². The molecule has 4 bridgehead atoms. The van der Waals surface area contributed by atoms with E-state index in [1.807, 2.05) is 4.52 Å². The first kappa shape index (κ1) is 15.4. The highest BCUT2D eigenvalue weighted by Gasteiger charge is 2.53. The van der Waals surface area contributed by atoms with Crippen molar-refractivity contribution >= 4 is 11.6 Å². The second kappa shape index (κ2) is 5.41. The number of aromatic nitrogens is 4. The third-order valence-electron chi connectivity index (χ3n) is 7.27. The first-order chi connectivity index (χ1) is 12.7. The molecule has 5 aliphatic rings. The molecule has 0 radical (unpaired) electrons. The Morgan fingerprint density at radius 2 is 1.65 bits per heavy atom. The molecular formula is C20H27N5O.